The van der Waals surface area contributed by atoms with Crippen LogP contribution >= 0.6 is 0 Å². The van der Waals surface area contributed by atoms with Crippen LogP contribution in [0.25, 0.3) is 0 Å². The van der Waals surface area contributed by atoms with Gasteiger partial charge in [-0.05, 0) is 31.5 Å². The molecule has 0 unspecified atom stereocenters. The highest BCUT2D eigenvalue weighted by atomic mass is 28.4. The van der Waals surface area contributed by atoms with Crippen LogP contribution in [0.2, 0.25) is 13.1 Å². The van der Waals surface area contributed by atoms with Crippen LogP contribution in [-0.4, -0.2) is 14.3 Å². The number of carbonyl (C=O) groups is 1. The van der Waals surface area contributed by atoms with Gasteiger partial charge in [-0.1, -0.05) is 57.0 Å². The Morgan fingerprint density at radius 2 is 1.65 bits per heavy atom. The van der Waals surface area contributed by atoms with Crippen molar-refractivity contribution in [2.24, 2.45) is 5.92 Å². The number of benzene rings is 1. The van der Waals surface area contributed by atoms with Crippen LogP contribution in [0.1, 0.15) is 45.1 Å². The summed E-state index contributed by atoms with van der Waals surface area (Å²) < 4.78 is 5.91. The molecule has 0 aromatic heterocycles. The van der Waals surface area contributed by atoms with Crippen molar-refractivity contribution in [3.63, 3.8) is 0 Å². The van der Waals surface area contributed by atoms with Crippen molar-refractivity contribution in [2.45, 2.75) is 58.7 Å². The molecule has 0 bridgehead atoms. The zero-order chi connectivity index (χ0) is 15.0. The van der Waals surface area contributed by atoms with Crippen molar-refractivity contribution in [2.75, 3.05) is 0 Å². The van der Waals surface area contributed by atoms with E-state index in [1.165, 1.54) is 5.56 Å². The van der Waals surface area contributed by atoms with Crippen LogP contribution in [0.4, 0.5) is 0 Å². The average molecular weight is 292 g/mol. The summed E-state index contributed by atoms with van der Waals surface area (Å²) in [6.45, 7) is 8.52. The van der Waals surface area contributed by atoms with E-state index in [9.17, 15) is 4.79 Å². The standard InChI is InChI=1S/C17H28O2Si/c1-5-10-16(11-6-2)17(18)19-20(3,4)14-15-12-8-7-9-13-15/h7-9,12-13,16H,5-6,10-11,14H2,1-4H3. The van der Waals surface area contributed by atoms with Crippen LogP contribution in [0.3, 0.4) is 0 Å². The quantitative estimate of drug-likeness (QED) is 0.647. The van der Waals surface area contributed by atoms with E-state index in [4.69, 9.17) is 4.43 Å². The Morgan fingerprint density at radius 1 is 1.10 bits per heavy atom. The minimum Gasteiger partial charge on any atom is -0.519 e. The lowest BCUT2D eigenvalue weighted by Gasteiger charge is -2.26. The Morgan fingerprint density at radius 3 is 2.15 bits per heavy atom. The highest BCUT2D eigenvalue weighted by Crippen LogP contribution is 2.20. The summed E-state index contributed by atoms with van der Waals surface area (Å²) in [4.78, 5) is 12.3. The molecule has 0 amide bonds. The smallest absolute Gasteiger partial charge is 0.295 e. The molecule has 112 valence electrons. The molecule has 0 spiro atoms. The average Bonchev–Trinajstić information content (AvgIpc) is 2.38. The SMILES string of the molecule is CCCC(CCC)C(=O)O[Si](C)(C)Cc1ccccc1. The molecule has 0 saturated heterocycles. The first-order valence-corrected chi connectivity index (χ1v) is 10.9. The van der Waals surface area contributed by atoms with E-state index < -0.39 is 8.32 Å². The van der Waals surface area contributed by atoms with Gasteiger partial charge < -0.3 is 4.43 Å². The Bertz CT molecular complexity index is 395. The monoisotopic (exact) mass is 292 g/mol. The van der Waals surface area contributed by atoms with E-state index in [-0.39, 0.29) is 11.9 Å². The zero-order valence-corrected chi connectivity index (χ0v) is 14.3. The fraction of sp³-hybridized carbons (Fsp3) is 0.588. The third kappa shape index (κ3) is 5.91. The summed E-state index contributed by atoms with van der Waals surface area (Å²) in [5.74, 6) is 0.119. The Labute approximate surface area is 124 Å². The predicted molar refractivity (Wildman–Crippen MR) is 87.0 cm³/mol. The lowest BCUT2D eigenvalue weighted by atomic mass is 9.99. The van der Waals surface area contributed by atoms with Gasteiger partial charge in [0.25, 0.3) is 14.3 Å². The second-order valence-corrected chi connectivity index (χ2v) is 10.2. The summed E-state index contributed by atoms with van der Waals surface area (Å²) in [6, 6.07) is 11.2. The van der Waals surface area contributed by atoms with Gasteiger partial charge in [-0.2, -0.15) is 0 Å². The molecule has 0 aliphatic rings. The maximum absolute atomic E-state index is 12.3. The van der Waals surface area contributed by atoms with Gasteiger partial charge in [0, 0.05) is 6.04 Å². The zero-order valence-electron chi connectivity index (χ0n) is 13.3. The molecule has 0 atom stereocenters. The summed E-state index contributed by atoms with van der Waals surface area (Å²) in [5.41, 5.74) is 1.26. The number of hydrogen-bond donors (Lipinski definition) is 0. The highest BCUT2D eigenvalue weighted by molar-refractivity contribution is 6.72. The van der Waals surface area contributed by atoms with Crippen LogP contribution in [0.15, 0.2) is 30.3 Å². The minimum absolute atomic E-state index is 0.0290. The maximum atomic E-state index is 12.3. The van der Waals surface area contributed by atoms with E-state index in [0.29, 0.717) is 0 Å². The molecule has 1 aromatic rings. The molecule has 20 heavy (non-hydrogen) atoms. The highest BCUT2D eigenvalue weighted by Gasteiger charge is 2.30. The molecule has 0 aliphatic heterocycles. The van der Waals surface area contributed by atoms with Crippen LogP contribution in [0, 0.1) is 5.92 Å². The first-order valence-electron chi connectivity index (χ1n) is 7.75. The van der Waals surface area contributed by atoms with E-state index in [1.807, 2.05) is 18.2 Å². The second kappa shape index (κ2) is 8.25. The third-order valence-corrected chi connectivity index (χ3v) is 5.47. The molecule has 0 N–H and O–H groups in total. The number of rotatable bonds is 8. The minimum atomic E-state index is -1.98. The van der Waals surface area contributed by atoms with E-state index in [1.54, 1.807) is 0 Å². The first kappa shape index (κ1) is 17.0. The molecule has 0 radical (unpaired) electrons. The third-order valence-electron chi connectivity index (χ3n) is 3.46. The molecular weight excluding hydrogens is 264 g/mol. The van der Waals surface area contributed by atoms with Gasteiger partial charge in [0.2, 0.25) is 0 Å². The van der Waals surface area contributed by atoms with Gasteiger partial charge in [-0.25, -0.2) is 0 Å². The van der Waals surface area contributed by atoms with E-state index >= 15 is 0 Å². The predicted octanol–water partition coefficient (Wildman–Crippen LogP) is 4.73. The fourth-order valence-corrected chi connectivity index (χ4v) is 4.56. The maximum Gasteiger partial charge on any atom is 0.295 e. The van der Waals surface area contributed by atoms with Crippen molar-refractivity contribution < 1.29 is 9.22 Å². The fourth-order valence-electron chi connectivity index (χ4n) is 2.56. The molecular formula is C17H28O2Si. The first-order chi connectivity index (χ1) is 9.48. The largest absolute Gasteiger partial charge is 0.519 e. The van der Waals surface area contributed by atoms with Crippen molar-refractivity contribution in [3.8, 4) is 0 Å². The van der Waals surface area contributed by atoms with Crippen molar-refractivity contribution in [1.29, 1.82) is 0 Å². The Balaban J connectivity index is 2.61. The summed E-state index contributed by atoms with van der Waals surface area (Å²) in [7, 11) is -1.98. The molecule has 1 rings (SSSR count). The molecule has 0 saturated carbocycles. The van der Waals surface area contributed by atoms with Gasteiger partial charge in [0.1, 0.15) is 0 Å². The molecule has 0 fully saturated rings. The lowest BCUT2D eigenvalue weighted by molar-refractivity contribution is -0.140. The molecule has 1 aromatic carbocycles. The second-order valence-electron chi connectivity index (χ2n) is 6.12. The summed E-state index contributed by atoms with van der Waals surface area (Å²) >= 11 is 0. The van der Waals surface area contributed by atoms with E-state index in [0.717, 1.165) is 31.7 Å². The molecule has 0 aliphatic carbocycles. The Hall–Kier alpha value is -1.09. The molecule has 0 heterocycles. The van der Waals surface area contributed by atoms with Gasteiger partial charge in [-0.15, -0.1) is 0 Å². The summed E-state index contributed by atoms with van der Waals surface area (Å²) in [6.07, 6.45) is 3.98. The van der Waals surface area contributed by atoms with Crippen molar-refractivity contribution in [3.05, 3.63) is 35.9 Å². The number of carbonyl (C=O) groups excluding carboxylic acids is 1. The van der Waals surface area contributed by atoms with Gasteiger partial charge >= 0.3 is 0 Å². The summed E-state index contributed by atoms with van der Waals surface area (Å²) in [5, 5.41) is 0. The van der Waals surface area contributed by atoms with Crippen LogP contribution in [-0.2, 0) is 15.3 Å². The van der Waals surface area contributed by atoms with E-state index in [2.05, 4.69) is 39.1 Å². The van der Waals surface area contributed by atoms with Crippen LogP contribution in [0.5, 0.6) is 0 Å². The van der Waals surface area contributed by atoms with Crippen molar-refractivity contribution in [1.82, 2.24) is 0 Å². The molecule has 2 nitrogen and oxygen atoms in total. The van der Waals surface area contributed by atoms with Gasteiger partial charge in [0.15, 0.2) is 0 Å². The van der Waals surface area contributed by atoms with Gasteiger partial charge in [-0.3, -0.25) is 4.79 Å². The normalized spacial score (nSPS) is 11.7. The van der Waals surface area contributed by atoms with Crippen molar-refractivity contribution >= 4 is 14.3 Å². The topological polar surface area (TPSA) is 26.3 Å². The van der Waals surface area contributed by atoms with Gasteiger partial charge in [0.05, 0.1) is 5.92 Å². The molecule has 3 heteroatoms. The number of hydrogen-bond acceptors (Lipinski definition) is 2. The Kier molecular flexibility index (Phi) is 7.00. The van der Waals surface area contributed by atoms with Crippen LogP contribution < -0.4 is 0 Å². The lowest BCUT2D eigenvalue weighted by Crippen LogP contribution is -2.38.